The zero-order valence-corrected chi connectivity index (χ0v) is 17.3. The summed E-state index contributed by atoms with van der Waals surface area (Å²) in [6.45, 7) is 0. The fraction of sp³-hybridized carbons (Fsp3) is 0.480. The molecule has 0 saturated heterocycles. The summed E-state index contributed by atoms with van der Waals surface area (Å²) >= 11 is 0. The lowest BCUT2D eigenvalue weighted by atomic mass is 10.0. The van der Waals surface area contributed by atoms with Crippen molar-refractivity contribution in [2.45, 2.75) is 70.6 Å². The minimum atomic E-state index is 1.03. The van der Waals surface area contributed by atoms with Crippen LogP contribution in [0, 0.1) is 0 Å². The van der Waals surface area contributed by atoms with E-state index in [1.165, 1.54) is 63.4 Å². The van der Waals surface area contributed by atoms with Crippen molar-refractivity contribution in [1.82, 2.24) is 9.97 Å². The van der Waals surface area contributed by atoms with Crippen molar-refractivity contribution in [3.63, 3.8) is 0 Å². The van der Waals surface area contributed by atoms with Gasteiger partial charge in [-0.2, -0.15) is 0 Å². The van der Waals surface area contributed by atoms with Crippen molar-refractivity contribution >= 4 is 11.0 Å². The highest BCUT2D eigenvalue weighted by molar-refractivity contribution is 5.74. The van der Waals surface area contributed by atoms with Gasteiger partial charge in [-0.1, -0.05) is 75.3 Å². The molecule has 0 radical (unpaired) electrons. The van der Waals surface area contributed by atoms with Gasteiger partial charge in [0.2, 0.25) is 0 Å². The first-order chi connectivity index (χ1) is 13.9. The number of ether oxygens (including phenoxy) is 1. The van der Waals surface area contributed by atoms with Crippen molar-refractivity contribution in [3.05, 3.63) is 59.9 Å². The molecule has 3 aromatic rings. The summed E-state index contributed by atoms with van der Waals surface area (Å²) in [5, 5.41) is 0. The normalized spacial score (nSPS) is 11.2. The average molecular weight is 379 g/mol. The number of aromatic amines is 1. The number of para-hydroxylation sites is 3. The Hall–Kier alpha value is -2.29. The third-order valence-corrected chi connectivity index (χ3v) is 5.49. The lowest BCUT2D eigenvalue weighted by Crippen LogP contribution is -1.92. The first-order valence-corrected chi connectivity index (χ1v) is 10.9. The van der Waals surface area contributed by atoms with Crippen LogP contribution in [-0.2, 0) is 12.8 Å². The van der Waals surface area contributed by atoms with E-state index in [0.29, 0.717) is 0 Å². The van der Waals surface area contributed by atoms with E-state index in [9.17, 15) is 0 Å². The van der Waals surface area contributed by atoms with Crippen molar-refractivity contribution in [2.75, 3.05) is 7.11 Å². The van der Waals surface area contributed by atoms with E-state index in [4.69, 9.17) is 4.74 Å². The summed E-state index contributed by atoms with van der Waals surface area (Å²) in [7, 11) is 1.76. The molecule has 1 heterocycles. The number of methoxy groups -OCH3 is 1. The van der Waals surface area contributed by atoms with Gasteiger partial charge in [0.05, 0.1) is 18.1 Å². The molecule has 0 aliphatic carbocycles. The quantitative estimate of drug-likeness (QED) is 0.330. The molecule has 0 saturated carbocycles. The second-order valence-electron chi connectivity index (χ2n) is 7.69. The monoisotopic (exact) mass is 378 g/mol. The van der Waals surface area contributed by atoms with Gasteiger partial charge in [0.1, 0.15) is 11.6 Å². The molecule has 3 rings (SSSR count). The maximum absolute atomic E-state index is 5.43. The van der Waals surface area contributed by atoms with Gasteiger partial charge in [-0.15, -0.1) is 0 Å². The summed E-state index contributed by atoms with van der Waals surface area (Å²) in [4.78, 5) is 8.08. The number of rotatable bonds is 13. The molecule has 0 unspecified atom stereocenters. The van der Waals surface area contributed by atoms with Gasteiger partial charge in [0.25, 0.3) is 0 Å². The third-order valence-electron chi connectivity index (χ3n) is 5.49. The topological polar surface area (TPSA) is 37.9 Å². The number of H-pyrrole nitrogens is 1. The van der Waals surface area contributed by atoms with Crippen LogP contribution < -0.4 is 4.74 Å². The average Bonchev–Trinajstić information content (AvgIpc) is 3.15. The van der Waals surface area contributed by atoms with Crippen LogP contribution in [-0.4, -0.2) is 17.1 Å². The molecular formula is C25H34N2O. The maximum Gasteiger partial charge on any atom is 0.122 e. The first-order valence-electron chi connectivity index (χ1n) is 10.9. The number of benzene rings is 2. The Bertz CT molecular complexity index is 791. The highest BCUT2D eigenvalue weighted by atomic mass is 16.5. The van der Waals surface area contributed by atoms with Crippen LogP contribution in [0.3, 0.4) is 0 Å². The molecule has 150 valence electrons. The summed E-state index contributed by atoms with van der Waals surface area (Å²) in [6, 6.07) is 16.7. The molecular weight excluding hydrogens is 344 g/mol. The van der Waals surface area contributed by atoms with Gasteiger partial charge < -0.3 is 9.72 Å². The second kappa shape index (κ2) is 11.5. The van der Waals surface area contributed by atoms with E-state index < -0.39 is 0 Å². The molecule has 3 heteroatoms. The zero-order valence-electron chi connectivity index (χ0n) is 17.3. The maximum atomic E-state index is 5.43. The van der Waals surface area contributed by atoms with Crippen molar-refractivity contribution in [2.24, 2.45) is 0 Å². The van der Waals surface area contributed by atoms with Crippen molar-refractivity contribution < 1.29 is 4.74 Å². The molecule has 1 N–H and O–H groups in total. The molecule has 1 aromatic heterocycles. The van der Waals surface area contributed by atoms with Gasteiger partial charge >= 0.3 is 0 Å². The number of hydrogen-bond donors (Lipinski definition) is 1. The number of unbranched alkanes of at least 4 members (excludes halogenated alkanes) is 8. The lowest BCUT2D eigenvalue weighted by molar-refractivity contribution is 0.408. The molecule has 0 spiro atoms. The van der Waals surface area contributed by atoms with Gasteiger partial charge in [-0.3, -0.25) is 0 Å². The first kappa shape index (κ1) is 20.4. The number of aromatic nitrogens is 2. The number of imidazole rings is 1. The van der Waals surface area contributed by atoms with E-state index in [1.807, 2.05) is 12.1 Å². The van der Waals surface area contributed by atoms with Crippen molar-refractivity contribution in [3.8, 4) is 5.75 Å². The Labute approximate surface area is 169 Å². The molecule has 0 aliphatic rings. The number of nitrogens with zero attached hydrogens (tertiary/aromatic N) is 1. The predicted octanol–water partition coefficient (Wildman–Crippen LogP) is 6.87. The van der Waals surface area contributed by atoms with Crippen LogP contribution in [0.15, 0.2) is 48.5 Å². The van der Waals surface area contributed by atoms with Gasteiger partial charge in [-0.05, 0) is 43.0 Å². The lowest BCUT2D eigenvalue weighted by Gasteiger charge is -2.07. The number of nitrogens with one attached hydrogen (secondary N) is 1. The van der Waals surface area contributed by atoms with E-state index >= 15 is 0 Å². The number of fused-ring (bicyclic) bond motifs is 1. The second-order valence-corrected chi connectivity index (χ2v) is 7.69. The molecule has 0 fully saturated rings. The Morgan fingerprint density at radius 2 is 1.32 bits per heavy atom. The Balaban J connectivity index is 1.17. The Kier molecular flexibility index (Phi) is 8.42. The minimum Gasteiger partial charge on any atom is -0.496 e. The molecule has 0 aliphatic heterocycles. The van der Waals surface area contributed by atoms with Crippen LogP contribution in [0.25, 0.3) is 11.0 Å². The van der Waals surface area contributed by atoms with Crippen LogP contribution in [0.1, 0.15) is 69.2 Å². The van der Waals surface area contributed by atoms with Gasteiger partial charge in [-0.25, -0.2) is 4.98 Å². The van der Waals surface area contributed by atoms with Crippen LogP contribution in [0.2, 0.25) is 0 Å². The standard InChI is InChI=1S/C25H34N2O/c1-28-24-19-14-11-16-21(24)15-9-7-5-3-2-4-6-8-10-20-25-26-22-17-12-13-18-23(22)27-25/h11-14,16-19H,2-10,15,20H2,1H3,(H,26,27). The molecule has 0 amide bonds. The fourth-order valence-corrected chi connectivity index (χ4v) is 3.88. The number of aryl methyl sites for hydroxylation is 2. The zero-order chi connectivity index (χ0) is 19.4. The van der Waals surface area contributed by atoms with E-state index in [1.54, 1.807) is 7.11 Å². The molecule has 3 nitrogen and oxygen atoms in total. The highest BCUT2D eigenvalue weighted by Gasteiger charge is 2.02. The Morgan fingerprint density at radius 1 is 0.714 bits per heavy atom. The summed E-state index contributed by atoms with van der Waals surface area (Å²) in [6.07, 6.45) is 14.1. The van der Waals surface area contributed by atoms with Gasteiger partial charge in [0.15, 0.2) is 0 Å². The van der Waals surface area contributed by atoms with Crippen molar-refractivity contribution in [1.29, 1.82) is 0 Å². The van der Waals surface area contributed by atoms with E-state index in [2.05, 4.69) is 46.4 Å². The summed E-state index contributed by atoms with van der Waals surface area (Å²) < 4.78 is 5.43. The molecule has 28 heavy (non-hydrogen) atoms. The predicted molar refractivity (Wildman–Crippen MR) is 118 cm³/mol. The number of hydrogen-bond acceptors (Lipinski definition) is 2. The van der Waals surface area contributed by atoms with Gasteiger partial charge in [0, 0.05) is 6.42 Å². The SMILES string of the molecule is COc1ccccc1CCCCCCCCCCCc1nc2ccccc2[nH]1. The smallest absolute Gasteiger partial charge is 0.122 e. The van der Waals surface area contributed by atoms with E-state index in [-0.39, 0.29) is 0 Å². The minimum absolute atomic E-state index is 1.03. The van der Waals surface area contributed by atoms with Crippen LogP contribution in [0.4, 0.5) is 0 Å². The van der Waals surface area contributed by atoms with E-state index in [0.717, 1.165) is 35.4 Å². The fourth-order valence-electron chi connectivity index (χ4n) is 3.88. The Morgan fingerprint density at radius 3 is 2.04 bits per heavy atom. The molecule has 2 aromatic carbocycles. The third kappa shape index (κ3) is 6.40. The van der Waals surface area contributed by atoms with Crippen LogP contribution >= 0.6 is 0 Å². The molecule has 0 bridgehead atoms. The molecule has 0 atom stereocenters. The van der Waals surface area contributed by atoms with Crippen LogP contribution in [0.5, 0.6) is 5.75 Å². The summed E-state index contributed by atoms with van der Waals surface area (Å²) in [5.74, 6) is 2.17. The largest absolute Gasteiger partial charge is 0.496 e. The summed E-state index contributed by atoms with van der Waals surface area (Å²) in [5.41, 5.74) is 3.58. The highest BCUT2D eigenvalue weighted by Crippen LogP contribution is 2.20.